The van der Waals surface area contributed by atoms with Gasteiger partial charge in [0.1, 0.15) is 17.5 Å². The van der Waals surface area contributed by atoms with Gasteiger partial charge in [0.25, 0.3) is 0 Å². The Morgan fingerprint density at radius 3 is 2.56 bits per heavy atom. The van der Waals surface area contributed by atoms with Crippen molar-refractivity contribution in [1.29, 1.82) is 0 Å². The molecule has 7 heteroatoms. The molecule has 2 N–H and O–H groups in total. The number of nitrogens with zero attached hydrogens (tertiary/aromatic N) is 2. The first-order valence-electron chi connectivity index (χ1n) is 8.33. The van der Waals surface area contributed by atoms with Crippen LogP contribution >= 0.6 is 11.6 Å². The molecule has 0 bridgehead atoms. The number of methoxy groups -OCH3 is 1. The number of rotatable bonds is 6. The second kappa shape index (κ2) is 8.51. The molecular formula is C20H19ClN4O2. The molecule has 2 aromatic carbocycles. The number of ether oxygens (including phenoxy) is 1. The predicted octanol–water partition coefficient (Wildman–Crippen LogP) is 4.58. The Labute approximate surface area is 162 Å². The van der Waals surface area contributed by atoms with Crippen LogP contribution in [0.4, 0.5) is 17.3 Å². The normalized spacial score (nSPS) is 10.3. The zero-order valence-electron chi connectivity index (χ0n) is 15.0. The van der Waals surface area contributed by atoms with E-state index in [1.165, 1.54) is 7.11 Å². The third-order valence-electron chi connectivity index (χ3n) is 3.78. The molecule has 0 saturated carbocycles. The summed E-state index contributed by atoms with van der Waals surface area (Å²) in [5.74, 6) is 1.57. The number of carbonyl (C=O) groups is 1. The molecular weight excluding hydrogens is 364 g/mol. The highest BCUT2D eigenvalue weighted by molar-refractivity contribution is 6.30. The van der Waals surface area contributed by atoms with E-state index in [0.717, 1.165) is 11.3 Å². The third-order valence-corrected chi connectivity index (χ3v) is 4.03. The number of benzene rings is 2. The molecule has 3 rings (SSSR count). The van der Waals surface area contributed by atoms with Crippen molar-refractivity contribution in [3.8, 4) is 0 Å². The molecule has 0 aliphatic rings. The van der Waals surface area contributed by atoms with Crippen LogP contribution in [0, 0.1) is 6.92 Å². The summed E-state index contributed by atoms with van der Waals surface area (Å²) in [6.45, 7) is 2.44. The van der Waals surface area contributed by atoms with Crippen LogP contribution in [0.25, 0.3) is 0 Å². The maximum atomic E-state index is 11.7. The second-order valence-electron chi connectivity index (χ2n) is 5.86. The molecule has 138 valence electrons. The summed E-state index contributed by atoms with van der Waals surface area (Å²) in [5.41, 5.74) is 2.30. The zero-order chi connectivity index (χ0) is 19.2. The largest absolute Gasteiger partial charge is 0.465 e. The van der Waals surface area contributed by atoms with Gasteiger partial charge in [-0.05, 0) is 42.8 Å². The number of halogens is 1. The van der Waals surface area contributed by atoms with Crippen molar-refractivity contribution in [3.63, 3.8) is 0 Å². The lowest BCUT2D eigenvalue weighted by Crippen LogP contribution is -2.06. The molecule has 0 atom stereocenters. The average molecular weight is 383 g/mol. The summed E-state index contributed by atoms with van der Waals surface area (Å²) >= 11 is 5.91. The number of carbonyl (C=O) groups excluding carboxylic acids is 1. The topological polar surface area (TPSA) is 76.1 Å². The Bertz CT molecular complexity index is 945. The Kier molecular flexibility index (Phi) is 5.88. The van der Waals surface area contributed by atoms with Gasteiger partial charge in [0.15, 0.2) is 0 Å². The van der Waals surface area contributed by atoms with E-state index in [-0.39, 0.29) is 5.97 Å². The van der Waals surface area contributed by atoms with Crippen molar-refractivity contribution >= 4 is 34.9 Å². The van der Waals surface area contributed by atoms with Crippen molar-refractivity contribution < 1.29 is 9.53 Å². The van der Waals surface area contributed by atoms with Gasteiger partial charge in [-0.3, -0.25) is 0 Å². The van der Waals surface area contributed by atoms with Crippen LogP contribution in [0.2, 0.25) is 5.02 Å². The van der Waals surface area contributed by atoms with Gasteiger partial charge in [0.05, 0.1) is 12.7 Å². The maximum absolute atomic E-state index is 11.7. The molecule has 3 aromatic rings. The first-order valence-corrected chi connectivity index (χ1v) is 8.71. The van der Waals surface area contributed by atoms with E-state index in [1.807, 2.05) is 43.3 Å². The molecule has 0 aliphatic carbocycles. The van der Waals surface area contributed by atoms with Crippen molar-refractivity contribution in [1.82, 2.24) is 9.97 Å². The highest BCUT2D eigenvalue weighted by Gasteiger charge is 2.07. The van der Waals surface area contributed by atoms with Crippen LogP contribution < -0.4 is 10.6 Å². The summed E-state index contributed by atoms with van der Waals surface area (Å²) in [6, 6.07) is 16.5. The van der Waals surface area contributed by atoms with Gasteiger partial charge in [-0.25, -0.2) is 14.8 Å². The number of nitrogens with one attached hydrogen (secondary N) is 2. The molecule has 1 heterocycles. The summed E-state index contributed by atoms with van der Waals surface area (Å²) < 4.78 is 4.75. The van der Waals surface area contributed by atoms with E-state index >= 15 is 0 Å². The van der Waals surface area contributed by atoms with Crippen molar-refractivity contribution in [2.75, 3.05) is 17.7 Å². The first kappa shape index (κ1) is 18.7. The lowest BCUT2D eigenvalue weighted by Gasteiger charge is -2.11. The van der Waals surface area contributed by atoms with E-state index in [0.29, 0.717) is 34.6 Å². The minimum absolute atomic E-state index is 0.386. The fourth-order valence-electron chi connectivity index (χ4n) is 2.51. The molecule has 0 fully saturated rings. The van der Waals surface area contributed by atoms with Crippen molar-refractivity contribution in [2.45, 2.75) is 13.5 Å². The summed E-state index contributed by atoms with van der Waals surface area (Å²) in [5, 5.41) is 7.18. The van der Waals surface area contributed by atoms with Crippen LogP contribution in [0.1, 0.15) is 21.7 Å². The summed E-state index contributed by atoms with van der Waals surface area (Å²) in [7, 11) is 1.36. The Morgan fingerprint density at radius 2 is 1.81 bits per heavy atom. The molecule has 0 saturated heterocycles. The minimum Gasteiger partial charge on any atom is -0.465 e. The van der Waals surface area contributed by atoms with Gasteiger partial charge < -0.3 is 15.4 Å². The van der Waals surface area contributed by atoms with E-state index < -0.39 is 0 Å². The van der Waals surface area contributed by atoms with Gasteiger partial charge in [0, 0.05) is 23.3 Å². The lowest BCUT2D eigenvalue weighted by atomic mass is 10.2. The fraction of sp³-hybridized carbons (Fsp3) is 0.150. The second-order valence-corrected chi connectivity index (χ2v) is 6.30. The van der Waals surface area contributed by atoms with E-state index in [1.54, 1.807) is 18.2 Å². The van der Waals surface area contributed by atoms with Crippen LogP contribution in [0.15, 0.2) is 54.6 Å². The van der Waals surface area contributed by atoms with E-state index in [9.17, 15) is 4.79 Å². The van der Waals surface area contributed by atoms with Crippen LogP contribution in [-0.4, -0.2) is 23.0 Å². The highest BCUT2D eigenvalue weighted by atomic mass is 35.5. The SMILES string of the molecule is COC(=O)c1cccc(Nc2cc(NCc3ccc(Cl)cc3)nc(C)n2)c1. The highest BCUT2D eigenvalue weighted by Crippen LogP contribution is 2.19. The maximum Gasteiger partial charge on any atom is 0.337 e. The lowest BCUT2D eigenvalue weighted by molar-refractivity contribution is 0.0601. The molecule has 27 heavy (non-hydrogen) atoms. The predicted molar refractivity (Wildman–Crippen MR) is 107 cm³/mol. The number of esters is 1. The number of aromatic nitrogens is 2. The van der Waals surface area contributed by atoms with Gasteiger partial charge in [-0.1, -0.05) is 29.8 Å². The van der Waals surface area contributed by atoms with Crippen molar-refractivity contribution in [3.05, 3.63) is 76.6 Å². The average Bonchev–Trinajstić information content (AvgIpc) is 2.67. The molecule has 0 unspecified atom stereocenters. The zero-order valence-corrected chi connectivity index (χ0v) is 15.7. The fourth-order valence-corrected chi connectivity index (χ4v) is 2.63. The number of hydrogen-bond acceptors (Lipinski definition) is 6. The molecule has 0 aliphatic heterocycles. The monoisotopic (exact) mass is 382 g/mol. The third kappa shape index (κ3) is 5.18. The standard InChI is InChI=1S/C20H19ClN4O2/c1-13-23-18(22-12-14-6-8-16(21)9-7-14)11-19(24-13)25-17-5-3-4-15(10-17)20(26)27-2/h3-11H,12H2,1-2H3,(H2,22,23,24,25). The van der Waals surface area contributed by atoms with E-state index in [4.69, 9.17) is 16.3 Å². The quantitative estimate of drug-likeness (QED) is 0.608. The summed E-state index contributed by atoms with van der Waals surface area (Å²) in [4.78, 5) is 20.5. The number of hydrogen-bond donors (Lipinski definition) is 2. The van der Waals surface area contributed by atoms with Crippen LogP contribution in [0.3, 0.4) is 0 Å². The van der Waals surface area contributed by atoms with Gasteiger partial charge in [0.2, 0.25) is 0 Å². The number of anilines is 3. The summed E-state index contributed by atoms with van der Waals surface area (Å²) in [6.07, 6.45) is 0. The molecule has 1 aromatic heterocycles. The van der Waals surface area contributed by atoms with Crippen LogP contribution in [-0.2, 0) is 11.3 Å². The first-order chi connectivity index (χ1) is 13.0. The van der Waals surface area contributed by atoms with E-state index in [2.05, 4.69) is 20.6 Å². The molecule has 0 radical (unpaired) electrons. The van der Waals surface area contributed by atoms with Crippen LogP contribution in [0.5, 0.6) is 0 Å². The Morgan fingerprint density at radius 1 is 1.07 bits per heavy atom. The Hall–Kier alpha value is -3.12. The van der Waals surface area contributed by atoms with Gasteiger partial charge >= 0.3 is 5.97 Å². The van der Waals surface area contributed by atoms with Gasteiger partial charge in [-0.2, -0.15) is 0 Å². The van der Waals surface area contributed by atoms with Gasteiger partial charge in [-0.15, -0.1) is 0 Å². The van der Waals surface area contributed by atoms with Crippen molar-refractivity contribution in [2.24, 2.45) is 0 Å². The molecule has 0 amide bonds. The minimum atomic E-state index is -0.386. The number of aryl methyl sites for hydroxylation is 1. The Balaban J connectivity index is 1.73. The molecule has 0 spiro atoms. The smallest absolute Gasteiger partial charge is 0.337 e. The molecule has 6 nitrogen and oxygen atoms in total.